The van der Waals surface area contributed by atoms with Crippen molar-refractivity contribution >= 4 is 52.0 Å². The average molecular weight is 468 g/mol. The molecule has 2 heterocycles. The lowest BCUT2D eigenvalue weighted by Gasteiger charge is -2.30. The van der Waals surface area contributed by atoms with E-state index >= 15 is 0 Å². The maximum absolute atomic E-state index is 12.7. The van der Waals surface area contributed by atoms with Gasteiger partial charge >= 0.3 is 0 Å². The first-order chi connectivity index (χ1) is 15.9. The zero-order valence-electron chi connectivity index (χ0n) is 17.4. The van der Waals surface area contributed by atoms with E-state index in [-0.39, 0.29) is 10.6 Å². The van der Waals surface area contributed by atoms with Crippen molar-refractivity contribution in [2.45, 2.75) is 0 Å². The number of benzene rings is 2. The van der Waals surface area contributed by atoms with E-state index in [9.17, 15) is 24.5 Å². The SMILES string of the molecule is O=C(CN1C(=O)S/C(=C/c2ccc([N+](=O)[O-])cc2)C1=O)Nc1ccccc1N1CCOCC1. The fraction of sp³-hybridized carbons (Fsp3) is 0.227. The van der Waals surface area contributed by atoms with Gasteiger partial charge in [-0.25, -0.2) is 0 Å². The number of carbonyl (C=O) groups excluding carboxylic acids is 3. The van der Waals surface area contributed by atoms with Gasteiger partial charge in [0, 0.05) is 25.2 Å². The van der Waals surface area contributed by atoms with Gasteiger partial charge < -0.3 is 15.0 Å². The van der Waals surface area contributed by atoms with Crippen LogP contribution in [0.4, 0.5) is 21.9 Å². The second kappa shape index (κ2) is 9.84. The van der Waals surface area contributed by atoms with Crippen molar-refractivity contribution in [1.82, 2.24) is 4.90 Å². The molecule has 170 valence electrons. The number of thioether (sulfide) groups is 1. The quantitative estimate of drug-likeness (QED) is 0.390. The normalized spacial score (nSPS) is 17.5. The van der Waals surface area contributed by atoms with Gasteiger partial charge in [0.25, 0.3) is 16.8 Å². The molecule has 0 unspecified atom stereocenters. The molecule has 33 heavy (non-hydrogen) atoms. The summed E-state index contributed by atoms with van der Waals surface area (Å²) in [5, 5.41) is 13.0. The number of ether oxygens (including phenoxy) is 1. The van der Waals surface area contributed by atoms with Gasteiger partial charge in [0.1, 0.15) is 6.54 Å². The first kappa shape index (κ1) is 22.5. The molecule has 2 aromatic carbocycles. The fourth-order valence-corrected chi connectivity index (χ4v) is 4.31. The maximum atomic E-state index is 12.7. The Morgan fingerprint density at radius 2 is 1.82 bits per heavy atom. The molecule has 0 saturated carbocycles. The highest BCUT2D eigenvalue weighted by Crippen LogP contribution is 2.33. The van der Waals surface area contributed by atoms with E-state index in [0.29, 0.717) is 37.6 Å². The highest BCUT2D eigenvalue weighted by atomic mass is 32.2. The molecule has 10 nitrogen and oxygen atoms in total. The summed E-state index contributed by atoms with van der Waals surface area (Å²) in [6.07, 6.45) is 1.47. The first-order valence-corrected chi connectivity index (χ1v) is 11.0. The predicted octanol–water partition coefficient (Wildman–Crippen LogP) is 3.11. The molecule has 2 aromatic rings. The lowest BCUT2D eigenvalue weighted by molar-refractivity contribution is -0.384. The molecule has 0 bridgehead atoms. The number of non-ortho nitro benzene ring substituents is 1. The summed E-state index contributed by atoms with van der Waals surface area (Å²) in [6, 6.07) is 12.9. The van der Waals surface area contributed by atoms with Crippen LogP contribution in [0.5, 0.6) is 0 Å². The van der Waals surface area contributed by atoms with Crippen LogP contribution in [0.2, 0.25) is 0 Å². The van der Waals surface area contributed by atoms with E-state index in [0.717, 1.165) is 22.3 Å². The third kappa shape index (κ3) is 5.21. The van der Waals surface area contributed by atoms with Gasteiger partial charge in [-0.05, 0) is 47.7 Å². The number of imide groups is 1. The minimum atomic E-state index is -0.583. The van der Waals surface area contributed by atoms with E-state index in [1.54, 1.807) is 12.1 Å². The second-order valence-electron chi connectivity index (χ2n) is 7.28. The number of hydrogen-bond donors (Lipinski definition) is 1. The largest absolute Gasteiger partial charge is 0.378 e. The number of hydrogen-bond acceptors (Lipinski definition) is 8. The summed E-state index contributed by atoms with van der Waals surface area (Å²) in [5.41, 5.74) is 1.91. The highest BCUT2D eigenvalue weighted by Gasteiger charge is 2.36. The van der Waals surface area contributed by atoms with Gasteiger partial charge in [-0.15, -0.1) is 0 Å². The van der Waals surface area contributed by atoms with Crippen molar-refractivity contribution in [2.75, 3.05) is 43.1 Å². The number of nitro benzene ring substituents is 1. The number of anilines is 2. The number of amides is 3. The Kier molecular flexibility index (Phi) is 6.71. The van der Waals surface area contributed by atoms with Crippen LogP contribution in [0.1, 0.15) is 5.56 Å². The third-order valence-electron chi connectivity index (χ3n) is 5.11. The van der Waals surface area contributed by atoms with Gasteiger partial charge in [0.05, 0.1) is 34.4 Å². The monoisotopic (exact) mass is 468 g/mol. The van der Waals surface area contributed by atoms with Crippen molar-refractivity contribution in [3.63, 3.8) is 0 Å². The van der Waals surface area contributed by atoms with Gasteiger partial charge in [-0.1, -0.05) is 12.1 Å². The van der Waals surface area contributed by atoms with Crippen LogP contribution in [0.3, 0.4) is 0 Å². The molecule has 1 N–H and O–H groups in total. The summed E-state index contributed by atoms with van der Waals surface area (Å²) < 4.78 is 5.38. The Morgan fingerprint density at radius 1 is 1.12 bits per heavy atom. The Labute approximate surface area is 193 Å². The minimum Gasteiger partial charge on any atom is -0.378 e. The average Bonchev–Trinajstić information content (AvgIpc) is 3.07. The molecule has 11 heteroatoms. The number of morpholine rings is 1. The molecule has 0 aromatic heterocycles. The fourth-order valence-electron chi connectivity index (χ4n) is 3.47. The molecule has 2 aliphatic heterocycles. The molecule has 0 atom stereocenters. The Morgan fingerprint density at radius 3 is 2.52 bits per heavy atom. The molecular formula is C22H20N4O6S. The smallest absolute Gasteiger partial charge is 0.294 e. The third-order valence-corrected chi connectivity index (χ3v) is 6.01. The Balaban J connectivity index is 1.43. The molecule has 2 fully saturated rings. The maximum Gasteiger partial charge on any atom is 0.294 e. The van der Waals surface area contributed by atoms with Crippen molar-refractivity contribution in [1.29, 1.82) is 0 Å². The van der Waals surface area contributed by atoms with Crippen molar-refractivity contribution in [3.05, 3.63) is 69.1 Å². The number of rotatable bonds is 6. The number of nitrogens with one attached hydrogen (secondary N) is 1. The Bertz CT molecular complexity index is 1130. The predicted molar refractivity (Wildman–Crippen MR) is 124 cm³/mol. The van der Waals surface area contributed by atoms with Crippen LogP contribution in [-0.4, -0.2) is 59.7 Å². The van der Waals surface area contributed by atoms with Crippen LogP contribution < -0.4 is 10.2 Å². The number of carbonyl (C=O) groups is 3. The van der Waals surface area contributed by atoms with E-state index in [4.69, 9.17) is 4.74 Å². The summed E-state index contributed by atoms with van der Waals surface area (Å²) in [6.45, 7) is 2.17. The van der Waals surface area contributed by atoms with Gasteiger partial charge in [0.2, 0.25) is 5.91 Å². The summed E-state index contributed by atoms with van der Waals surface area (Å²) in [5.74, 6) is -1.07. The van der Waals surface area contributed by atoms with Gasteiger partial charge in [-0.2, -0.15) is 0 Å². The van der Waals surface area contributed by atoms with E-state index < -0.39 is 28.5 Å². The van der Waals surface area contributed by atoms with Crippen LogP contribution in [0.15, 0.2) is 53.4 Å². The van der Waals surface area contributed by atoms with Crippen LogP contribution >= 0.6 is 11.8 Å². The van der Waals surface area contributed by atoms with E-state index in [2.05, 4.69) is 10.2 Å². The zero-order chi connectivity index (χ0) is 23.4. The first-order valence-electron chi connectivity index (χ1n) is 10.1. The lowest BCUT2D eigenvalue weighted by atomic mass is 10.2. The molecule has 2 aliphatic rings. The Hall–Kier alpha value is -3.70. The summed E-state index contributed by atoms with van der Waals surface area (Å²) in [4.78, 5) is 51.1. The molecule has 0 spiro atoms. The molecule has 3 amide bonds. The standard InChI is InChI=1S/C22H20N4O6S/c27-20(23-17-3-1-2-4-18(17)24-9-11-32-12-10-24)14-25-21(28)19(33-22(25)29)13-15-5-7-16(8-6-15)26(30)31/h1-8,13H,9-12,14H2,(H,23,27)/b19-13+. The molecular weight excluding hydrogens is 448 g/mol. The lowest BCUT2D eigenvalue weighted by Crippen LogP contribution is -2.38. The van der Waals surface area contributed by atoms with Gasteiger partial charge in [-0.3, -0.25) is 29.4 Å². The van der Waals surface area contributed by atoms with Crippen LogP contribution in [0, 0.1) is 10.1 Å². The topological polar surface area (TPSA) is 122 Å². The molecule has 4 rings (SSSR count). The van der Waals surface area contributed by atoms with Gasteiger partial charge in [0.15, 0.2) is 0 Å². The molecule has 0 radical (unpaired) electrons. The van der Waals surface area contributed by atoms with Crippen molar-refractivity contribution in [2.24, 2.45) is 0 Å². The van der Waals surface area contributed by atoms with E-state index in [1.807, 2.05) is 12.1 Å². The number of para-hydroxylation sites is 2. The van der Waals surface area contributed by atoms with Crippen molar-refractivity contribution < 1.29 is 24.0 Å². The van der Waals surface area contributed by atoms with Crippen LogP contribution in [-0.2, 0) is 14.3 Å². The minimum absolute atomic E-state index is 0.0747. The van der Waals surface area contributed by atoms with E-state index in [1.165, 1.54) is 30.3 Å². The second-order valence-corrected chi connectivity index (χ2v) is 8.27. The molecule has 0 aliphatic carbocycles. The number of nitrogens with zero attached hydrogens (tertiary/aromatic N) is 3. The van der Waals surface area contributed by atoms with Crippen LogP contribution in [0.25, 0.3) is 6.08 Å². The summed E-state index contributed by atoms with van der Waals surface area (Å²) >= 11 is 0.724. The molecule has 2 saturated heterocycles. The summed E-state index contributed by atoms with van der Waals surface area (Å²) in [7, 11) is 0. The highest BCUT2D eigenvalue weighted by molar-refractivity contribution is 8.18. The number of nitro groups is 1. The van der Waals surface area contributed by atoms with Crippen molar-refractivity contribution in [3.8, 4) is 0 Å². The zero-order valence-corrected chi connectivity index (χ0v) is 18.2.